The number of hydrogen-bond donors (Lipinski definition) is 2. The number of benzene rings is 1. The molecule has 1 aromatic carbocycles. The molecule has 110 valence electrons. The lowest BCUT2D eigenvalue weighted by Gasteiger charge is -2.42. The van der Waals surface area contributed by atoms with Crippen molar-refractivity contribution in [2.24, 2.45) is 11.3 Å². The van der Waals surface area contributed by atoms with Gasteiger partial charge in [-0.25, -0.2) is 4.39 Å². The molecule has 2 nitrogen and oxygen atoms in total. The number of hydrogen-bond acceptors (Lipinski definition) is 2. The lowest BCUT2D eigenvalue weighted by Crippen LogP contribution is -2.37. The number of phenolic OH excluding ortho intramolecular Hbond substituents is 1. The summed E-state index contributed by atoms with van der Waals surface area (Å²) in [6.07, 6.45) is 4.57. The normalized spacial score (nSPS) is 36.9. The molecule has 0 unspecified atom stereocenters. The summed E-state index contributed by atoms with van der Waals surface area (Å²) in [6, 6.07) is 3.33. The van der Waals surface area contributed by atoms with Gasteiger partial charge in [0.15, 0.2) is 0 Å². The van der Waals surface area contributed by atoms with Crippen LogP contribution in [0.2, 0.25) is 0 Å². The first-order valence-electron chi connectivity index (χ1n) is 7.59. The lowest BCUT2D eigenvalue weighted by molar-refractivity contribution is 0.00844. The van der Waals surface area contributed by atoms with Gasteiger partial charge in [-0.05, 0) is 67.9 Å². The Morgan fingerprint density at radius 3 is 2.75 bits per heavy atom. The first kappa shape index (κ1) is 13.9. The molecule has 2 aliphatic carbocycles. The summed E-state index contributed by atoms with van der Waals surface area (Å²) >= 11 is 0. The second-order valence-corrected chi connectivity index (χ2v) is 6.88. The SMILES string of the molecule is Cc1c(O)ccc([C@@H]2CC[C@@]3(C)[C@H](CC[C@@H]3O)C2)c1F. The van der Waals surface area contributed by atoms with Crippen LogP contribution < -0.4 is 0 Å². The van der Waals surface area contributed by atoms with Gasteiger partial charge < -0.3 is 10.2 Å². The Bertz CT molecular complexity index is 528. The summed E-state index contributed by atoms with van der Waals surface area (Å²) in [4.78, 5) is 0. The highest BCUT2D eigenvalue weighted by molar-refractivity contribution is 5.38. The average Bonchev–Trinajstić information content (AvgIpc) is 2.72. The Morgan fingerprint density at radius 1 is 1.25 bits per heavy atom. The maximum Gasteiger partial charge on any atom is 0.133 e. The van der Waals surface area contributed by atoms with E-state index in [0.29, 0.717) is 11.5 Å². The highest BCUT2D eigenvalue weighted by Gasteiger charge is 2.49. The zero-order valence-electron chi connectivity index (χ0n) is 12.2. The van der Waals surface area contributed by atoms with Crippen LogP contribution in [-0.2, 0) is 0 Å². The molecule has 2 aliphatic rings. The van der Waals surface area contributed by atoms with Gasteiger partial charge >= 0.3 is 0 Å². The molecule has 0 radical (unpaired) electrons. The average molecular weight is 278 g/mol. The Balaban J connectivity index is 1.86. The topological polar surface area (TPSA) is 40.5 Å². The van der Waals surface area contributed by atoms with E-state index in [1.807, 2.05) is 0 Å². The van der Waals surface area contributed by atoms with Crippen LogP contribution in [0.5, 0.6) is 5.75 Å². The molecule has 0 bridgehead atoms. The third kappa shape index (κ3) is 1.95. The minimum absolute atomic E-state index is 0.0267. The van der Waals surface area contributed by atoms with Crippen molar-refractivity contribution in [1.82, 2.24) is 0 Å². The predicted octanol–water partition coefficient (Wildman–Crippen LogP) is 3.88. The van der Waals surface area contributed by atoms with Crippen LogP contribution in [0.15, 0.2) is 12.1 Å². The Morgan fingerprint density at radius 2 is 2.00 bits per heavy atom. The number of aromatic hydroxyl groups is 1. The summed E-state index contributed by atoms with van der Waals surface area (Å²) in [7, 11) is 0. The molecule has 1 aromatic rings. The van der Waals surface area contributed by atoms with Gasteiger partial charge in [-0.3, -0.25) is 0 Å². The lowest BCUT2D eigenvalue weighted by atomic mass is 9.64. The van der Waals surface area contributed by atoms with Gasteiger partial charge in [0.05, 0.1) is 6.10 Å². The number of aliphatic hydroxyl groups is 1. The zero-order chi connectivity index (χ0) is 14.5. The third-order valence-corrected chi connectivity index (χ3v) is 5.91. The highest BCUT2D eigenvalue weighted by atomic mass is 19.1. The van der Waals surface area contributed by atoms with Crippen molar-refractivity contribution in [2.75, 3.05) is 0 Å². The van der Waals surface area contributed by atoms with E-state index >= 15 is 0 Å². The van der Waals surface area contributed by atoms with Gasteiger partial charge in [0.1, 0.15) is 11.6 Å². The maximum atomic E-state index is 14.4. The van der Waals surface area contributed by atoms with E-state index in [0.717, 1.165) is 37.7 Å². The highest BCUT2D eigenvalue weighted by Crippen LogP contribution is 2.55. The molecule has 20 heavy (non-hydrogen) atoms. The molecule has 3 rings (SSSR count). The Kier molecular flexibility index (Phi) is 3.28. The molecule has 0 amide bonds. The first-order chi connectivity index (χ1) is 9.43. The van der Waals surface area contributed by atoms with E-state index in [4.69, 9.17) is 0 Å². The summed E-state index contributed by atoms with van der Waals surface area (Å²) in [6.45, 7) is 3.81. The van der Waals surface area contributed by atoms with Crippen LogP contribution in [0.4, 0.5) is 4.39 Å². The Labute approximate surface area is 119 Å². The largest absolute Gasteiger partial charge is 0.508 e. The van der Waals surface area contributed by atoms with Gasteiger partial charge in [0, 0.05) is 5.56 Å². The van der Waals surface area contributed by atoms with Crippen molar-refractivity contribution in [3.8, 4) is 5.75 Å². The predicted molar refractivity (Wildman–Crippen MR) is 76.2 cm³/mol. The fourth-order valence-electron chi connectivity index (χ4n) is 4.29. The van der Waals surface area contributed by atoms with Crippen molar-refractivity contribution in [2.45, 2.75) is 58.0 Å². The standard InChI is InChI=1S/C17H23FO2/c1-10-14(19)5-4-13(16(10)18)11-7-8-17(2)12(9-11)3-6-15(17)20/h4-5,11-12,15,19-20H,3,6-9H2,1-2H3/t11-,12-,15+,17+/m1/s1. The zero-order valence-corrected chi connectivity index (χ0v) is 12.2. The van der Waals surface area contributed by atoms with Crippen LogP contribution in [-0.4, -0.2) is 16.3 Å². The van der Waals surface area contributed by atoms with Crippen molar-refractivity contribution in [3.63, 3.8) is 0 Å². The van der Waals surface area contributed by atoms with Crippen LogP contribution in [0, 0.1) is 24.1 Å². The molecule has 2 saturated carbocycles. The summed E-state index contributed by atoms with van der Waals surface area (Å²) in [5.41, 5.74) is 1.12. The maximum absolute atomic E-state index is 14.4. The second-order valence-electron chi connectivity index (χ2n) is 6.88. The smallest absolute Gasteiger partial charge is 0.133 e. The van der Waals surface area contributed by atoms with E-state index in [1.165, 1.54) is 0 Å². The van der Waals surface area contributed by atoms with Gasteiger partial charge in [-0.2, -0.15) is 0 Å². The fraction of sp³-hybridized carbons (Fsp3) is 0.647. The quantitative estimate of drug-likeness (QED) is 0.818. The molecule has 0 saturated heterocycles. The molecule has 2 N–H and O–H groups in total. The number of halogens is 1. The number of fused-ring (bicyclic) bond motifs is 1. The van der Waals surface area contributed by atoms with Gasteiger partial charge in [0.25, 0.3) is 0 Å². The van der Waals surface area contributed by atoms with Crippen LogP contribution in [0.1, 0.15) is 56.1 Å². The summed E-state index contributed by atoms with van der Waals surface area (Å²) < 4.78 is 14.4. The van der Waals surface area contributed by atoms with Crippen LogP contribution in [0.25, 0.3) is 0 Å². The van der Waals surface area contributed by atoms with Gasteiger partial charge in [0.2, 0.25) is 0 Å². The molecule has 0 spiro atoms. The minimum Gasteiger partial charge on any atom is -0.508 e. The fourth-order valence-corrected chi connectivity index (χ4v) is 4.29. The number of rotatable bonds is 1. The summed E-state index contributed by atoms with van der Waals surface area (Å²) in [5.74, 6) is 0.489. The second kappa shape index (κ2) is 4.73. The molecular formula is C17H23FO2. The van der Waals surface area contributed by atoms with Crippen molar-refractivity contribution >= 4 is 0 Å². The van der Waals surface area contributed by atoms with Crippen molar-refractivity contribution in [1.29, 1.82) is 0 Å². The molecule has 4 atom stereocenters. The molecule has 0 heterocycles. The monoisotopic (exact) mass is 278 g/mol. The van der Waals surface area contributed by atoms with Crippen molar-refractivity contribution < 1.29 is 14.6 Å². The van der Waals surface area contributed by atoms with E-state index < -0.39 is 0 Å². The molecular weight excluding hydrogens is 255 g/mol. The van der Waals surface area contributed by atoms with E-state index in [-0.39, 0.29) is 29.0 Å². The molecule has 3 heteroatoms. The van der Waals surface area contributed by atoms with Gasteiger partial charge in [-0.15, -0.1) is 0 Å². The van der Waals surface area contributed by atoms with Gasteiger partial charge in [-0.1, -0.05) is 13.0 Å². The minimum atomic E-state index is -0.253. The third-order valence-electron chi connectivity index (χ3n) is 5.91. The van der Waals surface area contributed by atoms with E-state index in [1.54, 1.807) is 19.1 Å². The summed E-state index contributed by atoms with van der Waals surface area (Å²) in [5, 5.41) is 19.7. The molecule has 0 aromatic heterocycles. The Hall–Kier alpha value is -1.09. The van der Waals surface area contributed by atoms with Crippen LogP contribution >= 0.6 is 0 Å². The molecule has 0 aliphatic heterocycles. The van der Waals surface area contributed by atoms with Crippen LogP contribution in [0.3, 0.4) is 0 Å². The number of aliphatic hydroxyl groups excluding tert-OH is 1. The first-order valence-corrected chi connectivity index (χ1v) is 7.59. The number of phenols is 1. The van der Waals surface area contributed by atoms with E-state index in [2.05, 4.69) is 6.92 Å². The van der Waals surface area contributed by atoms with E-state index in [9.17, 15) is 14.6 Å². The van der Waals surface area contributed by atoms with Crippen molar-refractivity contribution in [3.05, 3.63) is 29.1 Å². The molecule has 2 fully saturated rings.